The molecule has 0 fully saturated rings. The normalized spacial score (nSPS) is 10.4. The second kappa shape index (κ2) is 6.53. The highest BCUT2D eigenvalue weighted by atomic mass is 127. The summed E-state index contributed by atoms with van der Waals surface area (Å²) in [6, 6.07) is 6.10. The topological polar surface area (TPSA) is 75.1 Å². The monoisotopic (exact) mass is 407 g/mol. The smallest absolute Gasteiger partial charge is 0.313 e. The fourth-order valence-electron chi connectivity index (χ4n) is 1.29. The van der Waals surface area contributed by atoms with Crippen LogP contribution in [0.2, 0.25) is 0 Å². The molecule has 0 saturated carbocycles. The van der Waals surface area contributed by atoms with E-state index < -0.39 is 5.97 Å². The van der Waals surface area contributed by atoms with Gasteiger partial charge in [-0.1, -0.05) is 29.2 Å². The summed E-state index contributed by atoms with van der Waals surface area (Å²) >= 11 is 4.77. The lowest BCUT2D eigenvalue weighted by atomic mass is 10.2. The van der Waals surface area contributed by atoms with Crippen LogP contribution < -0.4 is 5.32 Å². The summed E-state index contributed by atoms with van der Waals surface area (Å²) < 4.78 is 1.78. The van der Waals surface area contributed by atoms with Crippen LogP contribution in [-0.2, 0) is 4.79 Å². The van der Waals surface area contributed by atoms with E-state index in [1.165, 1.54) is 23.1 Å². The predicted molar refractivity (Wildman–Crippen MR) is 85.4 cm³/mol. The van der Waals surface area contributed by atoms with Crippen molar-refractivity contribution in [3.63, 3.8) is 0 Å². The van der Waals surface area contributed by atoms with E-state index in [0.29, 0.717) is 9.47 Å². The average molecular weight is 407 g/mol. The minimum Gasteiger partial charge on any atom is -0.481 e. The van der Waals surface area contributed by atoms with Gasteiger partial charge in [0.25, 0.3) is 0 Å². The number of carboxylic acid groups (broad SMARTS) is 1. The minimum absolute atomic E-state index is 0.00308. The van der Waals surface area contributed by atoms with E-state index in [0.717, 1.165) is 14.8 Å². The van der Waals surface area contributed by atoms with Gasteiger partial charge in [0.15, 0.2) is 4.34 Å². The van der Waals surface area contributed by atoms with Gasteiger partial charge in [-0.05, 0) is 47.2 Å². The van der Waals surface area contributed by atoms with Crippen molar-refractivity contribution < 1.29 is 9.90 Å². The van der Waals surface area contributed by atoms with E-state index in [9.17, 15) is 4.79 Å². The molecule has 0 aliphatic heterocycles. The quantitative estimate of drug-likeness (QED) is 0.585. The first-order chi connectivity index (χ1) is 9.04. The molecule has 8 heteroatoms. The third-order valence-electron chi connectivity index (χ3n) is 2.17. The van der Waals surface area contributed by atoms with Crippen molar-refractivity contribution >= 4 is 62.5 Å². The average Bonchev–Trinajstić information content (AvgIpc) is 2.79. The largest absolute Gasteiger partial charge is 0.481 e. The van der Waals surface area contributed by atoms with Crippen molar-refractivity contribution in [3.05, 3.63) is 27.3 Å². The highest BCUT2D eigenvalue weighted by molar-refractivity contribution is 14.1. The number of nitrogens with one attached hydrogen (secondary N) is 1. The summed E-state index contributed by atoms with van der Waals surface area (Å²) in [5.41, 5.74) is 2.10. The van der Waals surface area contributed by atoms with Crippen LogP contribution in [0.15, 0.2) is 22.5 Å². The number of rotatable bonds is 5. The van der Waals surface area contributed by atoms with Gasteiger partial charge in [-0.2, -0.15) is 0 Å². The van der Waals surface area contributed by atoms with Crippen molar-refractivity contribution in [2.24, 2.45) is 0 Å². The maximum absolute atomic E-state index is 10.5. The van der Waals surface area contributed by atoms with Crippen LogP contribution in [-0.4, -0.2) is 27.0 Å². The van der Waals surface area contributed by atoms with Crippen LogP contribution in [0.4, 0.5) is 10.8 Å². The molecule has 2 rings (SSSR count). The summed E-state index contributed by atoms with van der Waals surface area (Å²) in [6.07, 6.45) is 0. The van der Waals surface area contributed by atoms with Crippen LogP contribution in [0.5, 0.6) is 0 Å². The summed E-state index contributed by atoms with van der Waals surface area (Å²) in [5, 5.41) is 20.4. The SMILES string of the molecule is Cc1ccc(I)cc1Nc1nnc(SCC(=O)O)s1. The molecule has 0 aliphatic rings. The van der Waals surface area contributed by atoms with Crippen molar-refractivity contribution in [2.45, 2.75) is 11.3 Å². The number of nitrogens with zero attached hydrogens (tertiary/aromatic N) is 2. The lowest BCUT2D eigenvalue weighted by Crippen LogP contribution is -1.96. The summed E-state index contributed by atoms with van der Waals surface area (Å²) in [7, 11) is 0. The van der Waals surface area contributed by atoms with Crippen molar-refractivity contribution in [3.8, 4) is 0 Å². The van der Waals surface area contributed by atoms with E-state index in [1.54, 1.807) is 0 Å². The second-order valence-corrected chi connectivity index (χ2v) is 7.09. The number of aryl methyl sites for hydroxylation is 1. The molecule has 0 bridgehead atoms. The van der Waals surface area contributed by atoms with E-state index >= 15 is 0 Å². The Balaban J connectivity index is 2.07. The van der Waals surface area contributed by atoms with Gasteiger partial charge in [-0.3, -0.25) is 4.79 Å². The molecule has 1 aromatic heterocycles. The molecule has 100 valence electrons. The third kappa shape index (κ3) is 4.32. The Morgan fingerprint density at radius 1 is 1.53 bits per heavy atom. The Hall–Kier alpha value is -0.870. The summed E-state index contributed by atoms with van der Waals surface area (Å²) in [4.78, 5) is 10.5. The molecule has 5 nitrogen and oxygen atoms in total. The highest BCUT2D eigenvalue weighted by Gasteiger charge is 2.08. The maximum Gasteiger partial charge on any atom is 0.313 e. The molecule has 19 heavy (non-hydrogen) atoms. The molecule has 1 aromatic carbocycles. The van der Waals surface area contributed by atoms with Crippen LogP contribution in [0, 0.1) is 10.5 Å². The molecule has 0 amide bonds. The molecule has 0 radical (unpaired) electrons. The molecule has 0 spiro atoms. The van der Waals surface area contributed by atoms with Gasteiger partial charge in [-0.25, -0.2) is 0 Å². The van der Waals surface area contributed by atoms with Crippen molar-refractivity contribution in [1.29, 1.82) is 0 Å². The number of thioether (sulfide) groups is 1. The summed E-state index contributed by atoms with van der Waals surface area (Å²) in [6.45, 7) is 2.01. The molecule has 0 aliphatic carbocycles. The molecular weight excluding hydrogens is 397 g/mol. The fourth-order valence-corrected chi connectivity index (χ4v) is 3.26. The zero-order valence-corrected chi connectivity index (χ0v) is 13.7. The van der Waals surface area contributed by atoms with Gasteiger partial charge in [0.2, 0.25) is 5.13 Å². The molecule has 2 N–H and O–H groups in total. The first-order valence-corrected chi connectivity index (χ1v) is 8.14. The van der Waals surface area contributed by atoms with E-state index in [1.807, 2.05) is 25.1 Å². The van der Waals surface area contributed by atoms with Gasteiger partial charge in [-0.15, -0.1) is 10.2 Å². The van der Waals surface area contributed by atoms with E-state index in [4.69, 9.17) is 5.11 Å². The van der Waals surface area contributed by atoms with E-state index in [2.05, 4.69) is 38.1 Å². The fraction of sp³-hybridized carbons (Fsp3) is 0.182. The van der Waals surface area contributed by atoms with Gasteiger partial charge in [0, 0.05) is 9.26 Å². The minimum atomic E-state index is -0.858. The first kappa shape index (κ1) is 14.5. The summed E-state index contributed by atoms with van der Waals surface area (Å²) in [5.74, 6) is -0.861. The van der Waals surface area contributed by atoms with Gasteiger partial charge >= 0.3 is 5.97 Å². The molecular formula is C11H10IN3O2S2. The molecule has 2 aromatic rings. The van der Waals surface area contributed by atoms with Gasteiger partial charge < -0.3 is 10.4 Å². The number of aromatic nitrogens is 2. The van der Waals surface area contributed by atoms with Gasteiger partial charge in [0.05, 0.1) is 5.75 Å². The highest BCUT2D eigenvalue weighted by Crippen LogP contribution is 2.29. The Bertz CT molecular complexity index is 603. The number of aliphatic carboxylic acids is 1. The van der Waals surface area contributed by atoms with Crippen molar-refractivity contribution in [1.82, 2.24) is 10.2 Å². The number of anilines is 2. The molecule has 0 unspecified atom stereocenters. The Morgan fingerprint density at radius 3 is 3.05 bits per heavy atom. The van der Waals surface area contributed by atoms with E-state index in [-0.39, 0.29) is 5.75 Å². The number of hydrogen-bond acceptors (Lipinski definition) is 6. The number of benzene rings is 1. The van der Waals surface area contributed by atoms with Gasteiger partial charge in [0.1, 0.15) is 0 Å². The lowest BCUT2D eigenvalue weighted by Gasteiger charge is -2.06. The Labute approximate surface area is 132 Å². The van der Waals surface area contributed by atoms with Crippen LogP contribution in [0.3, 0.4) is 0 Å². The zero-order valence-electron chi connectivity index (χ0n) is 9.88. The Morgan fingerprint density at radius 2 is 2.32 bits per heavy atom. The third-order valence-corrected chi connectivity index (χ3v) is 4.79. The number of hydrogen-bond donors (Lipinski definition) is 2. The number of carbonyl (C=O) groups is 1. The maximum atomic E-state index is 10.5. The van der Waals surface area contributed by atoms with Crippen LogP contribution in [0.1, 0.15) is 5.56 Å². The number of carboxylic acids is 1. The zero-order chi connectivity index (χ0) is 13.8. The van der Waals surface area contributed by atoms with Crippen molar-refractivity contribution in [2.75, 3.05) is 11.1 Å². The molecule has 0 atom stereocenters. The van der Waals surface area contributed by atoms with Crippen LogP contribution in [0.25, 0.3) is 0 Å². The predicted octanol–water partition coefficient (Wildman–Crippen LogP) is 3.37. The number of halogens is 1. The Kier molecular flexibility index (Phi) is 4.99. The second-order valence-electron chi connectivity index (χ2n) is 3.64. The lowest BCUT2D eigenvalue weighted by molar-refractivity contribution is -0.133. The molecule has 0 saturated heterocycles. The standard InChI is InChI=1S/C11H10IN3O2S2/c1-6-2-3-7(12)4-8(6)13-10-14-15-11(19-10)18-5-9(16)17/h2-4H,5H2,1H3,(H,13,14)(H,16,17). The first-order valence-electron chi connectivity index (χ1n) is 5.26. The van der Waals surface area contributed by atoms with Crippen LogP contribution >= 0.6 is 45.7 Å². The molecule has 1 heterocycles.